The molecule has 4 aliphatic rings. The zero-order chi connectivity index (χ0) is 36.1. The molecule has 12 nitrogen and oxygen atoms in total. The first kappa shape index (κ1) is 37.1. The molecule has 2 aliphatic carbocycles. The van der Waals surface area contributed by atoms with Gasteiger partial charge in [-0.1, -0.05) is 63.0 Å². The van der Waals surface area contributed by atoms with Gasteiger partial charge in [0.15, 0.2) is 0 Å². The first-order valence-corrected chi connectivity index (χ1v) is 18.9. The molecule has 2 saturated carbocycles. The maximum absolute atomic E-state index is 14.3. The van der Waals surface area contributed by atoms with Crippen LogP contribution >= 0.6 is 0 Å². The van der Waals surface area contributed by atoms with Gasteiger partial charge in [0.1, 0.15) is 24.2 Å². The average molecular weight is 709 g/mol. The Morgan fingerprint density at radius 3 is 2.64 bits per heavy atom. The summed E-state index contributed by atoms with van der Waals surface area (Å²) in [5.74, 6) is 3.68. The lowest BCUT2D eigenvalue weighted by atomic mass is 9.85. The molecule has 0 spiro atoms. The van der Waals surface area contributed by atoms with Crippen LogP contribution in [0.2, 0.25) is 0 Å². The minimum absolute atomic E-state index is 0.0301. The Balaban J connectivity index is 1.39. The van der Waals surface area contributed by atoms with Gasteiger partial charge in [-0.3, -0.25) is 19.1 Å². The molecule has 50 heavy (non-hydrogen) atoms. The lowest BCUT2D eigenvalue weighted by molar-refractivity contribution is -0.143. The maximum atomic E-state index is 14.3. The molecule has 1 aromatic rings. The van der Waals surface area contributed by atoms with Crippen molar-refractivity contribution in [3.05, 3.63) is 54.1 Å². The Kier molecular flexibility index (Phi) is 11.4. The van der Waals surface area contributed by atoms with Gasteiger partial charge in [-0.05, 0) is 68.1 Å². The third kappa shape index (κ3) is 9.14. The summed E-state index contributed by atoms with van der Waals surface area (Å²) in [4.78, 5) is 56.0. The molecule has 0 unspecified atom stereocenters. The second kappa shape index (κ2) is 15.4. The molecular formula is C37H48N4O8S. The molecule has 4 bridgehead atoms. The van der Waals surface area contributed by atoms with Crippen molar-refractivity contribution in [1.82, 2.24) is 20.3 Å². The summed E-state index contributed by atoms with van der Waals surface area (Å²) in [5, 5.41) is 4.88. The molecule has 270 valence electrons. The summed E-state index contributed by atoms with van der Waals surface area (Å²) >= 11 is 0. The van der Waals surface area contributed by atoms with Crippen molar-refractivity contribution in [3.63, 3.8) is 0 Å². The van der Waals surface area contributed by atoms with Crippen molar-refractivity contribution < 1.29 is 37.1 Å². The van der Waals surface area contributed by atoms with E-state index in [4.69, 9.17) is 9.47 Å². The van der Waals surface area contributed by atoms with Crippen LogP contribution in [0.1, 0.15) is 83.3 Å². The van der Waals surface area contributed by atoms with Gasteiger partial charge in [0.25, 0.3) is 5.91 Å². The second-order valence-corrected chi connectivity index (χ2v) is 16.6. The normalized spacial score (nSPS) is 28.7. The highest BCUT2D eigenvalue weighted by Gasteiger charge is 2.62. The van der Waals surface area contributed by atoms with E-state index in [1.54, 1.807) is 20.8 Å². The second-order valence-electron chi connectivity index (χ2n) is 14.6. The van der Waals surface area contributed by atoms with Crippen molar-refractivity contribution in [3.8, 4) is 11.8 Å². The number of hydrogen-bond donors (Lipinski definition) is 3. The number of nitrogens with one attached hydrogen (secondary N) is 3. The molecule has 1 saturated heterocycles. The van der Waals surface area contributed by atoms with E-state index in [9.17, 15) is 27.6 Å². The zero-order valence-electron chi connectivity index (χ0n) is 29.0. The number of sulfonamides is 1. The van der Waals surface area contributed by atoms with Crippen LogP contribution in [0.5, 0.6) is 0 Å². The van der Waals surface area contributed by atoms with Gasteiger partial charge in [0, 0.05) is 24.4 Å². The van der Waals surface area contributed by atoms with Gasteiger partial charge in [0.2, 0.25) is 21.8 Å². The van der Waals surface area contributed by atoms with Crippen molar-refractivity contribution in [2.45, 2.75) is 101 Å². The largest absolute Gasteiger partial charge is 0.450 e. The lowest BCUT2D eigenvalue weighted by Gasteiger charge is -2.35. The van der Waals surface area contributed by atoms with Crippen molar-refractivity contribution in [2.75, 3.05) is 19.8 Å². The smallest absolute Gasteiger partial charge is 0.407 e. The molecule has 0 aromatic heterocycles. The van der Waals surface area contributed by atoms with E-state index >= 15 is 0 Å². The number of carbonyl (C=O) groups excluding carboxylic acids is 4. The third-order valence-electron chi connectivity index (χ3n) is 9.54. The van der Waals surface area contributed by atoms with E-state index < -0.39 is 74.1 Å². The predicted octanol–water partition coefficient (Wildman–Crippen LogP) is 3.42. The first-order chi connectivity index (χ1) is 23.7. The monoisotopic (exact) mass is 708 g/mol. The highest BCUT2D eigenvalue weighted by Crippen LogP contribution is 2.45. The Hall–Kier alpha value is -4.15. The molecule has 1 aromatic carbocycles. The van der Waals surface area contributed by atoms with Gasteiger partial charge in [-0.25, -0.2) is 13.2 Å². The van der Waals surface area contributed by atoms with Gasteiger partial charge in [-0.2, -0.15) is 0 Å². The molecule has 0 radical (unpaired) electrons. The molecule has 13 heteroatoms. The van der Waals surface area contributed by atoms with Crippen molar-refractivity contribution in [1.29, 1.82) is 0 Å². The molecule has 3 fully saturated rings. The highest BCUT2D eigenvalue weighted by molar-refractivity contribution is 7.91. The number of fused-ring (bicyclic) bond motifs is 4. The molecular weight excluding hydrogens is 660 g/mol. The van der Waals surface area contributed by atoms with Crippen LogP contribution in [-0.4, -0.2) is 85.9 Å². The van der Waals surface area contributed by atoms with Gasteiger partial charge < -0.3 is 25.0 Å². The van der Waals surface area contributed by atoms with E-state index in [1.165, 1.54) is 11.0 Å². The van der Waals surface area contributed by atoms with Crippen LogP contribution < -0.4 is 15.4 Å². The fourth-order valence-corrected chi connectivity index (χ4v) is 7.71. The van der Waals surface area contributed by atoms with Crippen LogP contribution in [0.3, 0.4) is 0 Å². The van der Waals surface area contributed by atoms with Crippen LogP contribution in [0, 0.1) is 23.2 Å². The third-order valence-corrected chi connectivity index (χ3v) is 11.4. The summed E-state index contributed by atoms with van der Waals surface area (Å²) in [6.45, 7) is 9.42. The minimum atomic E-state index is -3.87. The van der Waals surface area contributed by atoms with Crippen molar-refractivity contribution in [2.24, 2.45) is 11.3 Å². The minimum Gasteiger partial charge on any atom is -0.450 e. The molecule has 5 atom stereocenters. The number of rotatable bonds is 6. The molecule has 5 rings (SSSR count). The Bertz CT molecular complexity index is 1690. The molecule has 4 amide bonds. The first-order valence-electron chi connectivity index (χ1n) is 17.3. The van der Waals surface area contributed by atoms with E-state index in [2.05, 4.69) is 45.9 Å². The number of amides is 4. The van der Waals surface area contributed by atoms with Crippen LogP contribution in [0.25, 0.3) is 6.08 Å². The Morgan fingerprint density at radius 1 is 1.16 bits per heavy atom. The topological polar surface area (TPSA) is 160 Å². The highest BCUT2D eigenvalue weighted by atomic mass is 32.2. The van der Waals surface area contributed by atoms with Crippen LogP contribution in [0.15, 0.2) is 43.0 Å². The number of benzene rings is 1. The summed E-state index contributed by atoms with van der Waals surface area (Å²) in [5.41, 5.74) is -0.430. The number of allylic oxidation sites excluding steroid dienone is 1. The number of hydrogen-bond acceptors (Lipinski definition) is 8. The molecule has 2 aliphatic heterocycles. The summed E-state index contributed by atoms with van der Waals surface area (Å²) in [7, 11) is -3.87. The predicted molar refractivity (Wildman–Crippen MR) is 188 cm³/mol. The molecule has 3 N–H and O–H groups in total. The van der Waals surface area contributed by atoms with E-state index in [0.29, 0.717) is 19.3 Å². The SMILES string of the molecule is C=C[C@H]1C[C@]1(NC(=O)[C@@H]1C[C@@H]2CN1C(=O)[C@H](C(C)(C)C)NC(=O)OCCCCC/C=C/c1cccc(c1)C#CCO2)C(=O)NS(=O)(=O)C1CC1. The van der Waals surface area contributed by atoms with Crippen LogP contribution in [-0.2, 0) is 33.9 Å². The van der Waals surface area contributed by atoms with Crippen LogP contribution in [0.4, 0.5) is 4.79 Å². The van der Waals surface area contributed by atoms with Gasteiger partial charge >= 0.3 is 6.09 Å². The fraction of sp³-hybridized carbons (Fsp3) is 0.568. The average Bonchev–Trinajstić information content (AvgIpc) is 3.99. The number of alkyl carbamates (subject to hydrolysis) is 1. The maximum Gasteiger partial charge on any atom is 0.407 e. The zero-order valence-corrected chi connectivity index (χ0v) is 29.9. The fourth-order valence-electron chi connectivity index (χ4n) is 6.35. The summed E-state index contributed by atoms with van der Waals surface area (Å²) < 4.78 is 38.9. The quantitative estimate of drug-likeness (QED) is 0.300. The summed E-state index contributed by atoms with van der Waals surface area (Å²) in [6, 6.07) is 5.71. The number of carbonyl (C=O) groups is 4. The lowest BCUT2D eigenvalue weighted by Crippen LogP contribution is -2.60. The number of cyclic esters (lactones) is 1. The Morgan fingerprint density at radius 2 is 1.94 bits per heavy atom. The standard InChI is InChI=1S/C37H48N4O8S/c1-5-27-23-37(27,34(44)40-50(46,47)29-17-18-29)39-32(42)30-22-28-24-41(30)33(43)31(36(2,3)4)38-35(45)49-19-10-8-6-7-9-13-25-14-11-15-26(21-25)16-12-20-48-28/h5,9,11,13-15,21,27-31H,1,6-8,10,17-20,22-24H2,2-4H3,(H,38,45)(H,39,42)(H,40,44)/b13-9+/t27-,28+,30-,31+,37+/m0/s1. The van der Waals surface area contributed by atoms with Gasteiger partial charge in [0.05, 0.1) is 18.0 Å². The van der Waals surface area contributed by atoms with E-state index in [0.717, 1.165) is 30.4 Å². The van der Waals surface area contributed by atoms with E-state index in [-0.39, 0.29) is 32.6 Å². The number of ether oxygens (including phenoxy) is 2. The van der Waals surface area contributed by atoms with E-state index in [1.807, 2.05) is 24.3 Å². The number of nitrogens with zero attached hydrogens (tertiary/aromatic N) is 1. The Labute approximate surface area is 294 Å². The van der Waals surface area contributed by atoms with Crippen molar-refractivity contribution >= 4 is 39.9 Å². The molecule has 2 heterocycles. The summed E-state index contributed by atoms with van der Waals surface area (Å²) in [6.07, 6.45) is 8.88. The van der Waals surface area contributed by atoms with Gasteiger partial charge in [-0.15, -0.1) is 6.58 Å².